The fraction of sp³-hybridized carbons (Fsp3) is 0.447. The maximum atomic E-state index is 13.2. The van der Waals surface area contributed by atoms with Crippen LogP contribution in [0, 0.1) is 5.41 Å². The molecule has 0 amide bonds. The molecular weight excluding hydrogens is 903 g/mol. The van der Waals surface area contributed by atoms with Crippen molar-refractivity contribution in [1.29, 1.82) is 0 Å². The van der Waals surface area contributed by atoms with Crippen LogP contribution in [-0.4, -0.2) is 90.8 Å². The van der Waals surface area contributed by atoms with Crippen molar-refractivity contribution in [3.05, 3.63) is 108 Å². The van der Waals surface area contributed by atoms with Crippen LogP contribution >= 0.6 is 0 Å². The summed E-state index contributed by atoms with van der Waals surface area (Å²) in [4.78, 5) is 23.9. The highest BCUT2D eigenvalue weighted by atomic mass is 32.2. The molecule has 0 fully saturated rings. The van der Waals surface area contributed by atoms with Gasteiger partial charge in [-0.15, -0.1) is 0 Å². The molecule has 0 aliphatic carbocycles. The van der Waals surface area contributed by atoms with Crippen LogP contribution in [0.25, 0.3) is 22.3 Å². The summed E-state index contributed by atoms with van der Waals surface area (Å²) in [6.45, 7) is 5.83. The van der Waals surface area contributed by atoms with Gasteiger partial charge >= 0.3 is 24.3 Å². The van der Waals surface area contributed by atoms with Gasteiger partial charge in [-0.2, -0.15) is 26.3 Å². The van der Waals surface area contributed by atoms with Gasteiger partial charge in [0.15, 0.2) is 30.2 Å². The molecule has 10 nitrogen and oxygen atoms in total. The minimum atomic E-state index is -4.16. The van der Waals surface area contributed by atoms with Crippen molar-refractivity contribution < 1.29 is 72.1 Å². The lowest BCUT2D eigenvalue weighted by Crippen LogP contribution is -2.35. The van der Waals surface area contributed by atoms with Crippen LogP contribution in [0.1, 0.15) is 70.4 Å². The minimum absolute atomic E-state index is 0.00108. The minimum Gasteiger partial charge on any atom is -0.480 e. The molecule has 2 atom stereocenters. The molecule has 358 valence electrons. The topological polar surface area (TPSA) is 150 Å². The van der Waals surface area contributed by atoms with E-state index in [4.69, 9.17) is 14.2 Å². The van der Waals surface area contributed by atoms with Crippen LogP contribution in [-0.2, 0) is 56.3 Å². The lowest BCUT2D eigenvalue weighted by atomic mass is 9.99. The highest BCUT2D eigenvalue weighted by Crippen LogP contribution is 2.29. The van der Waals surface area contributed by atoms with E-state index in [-0.39, 0.29) is 60.7 Å². The molecular formula is C47H56F6O10S2. The standard InChI is InChI=1S/C26H33F3O5S.C21H23F3O5S/c1-25(2,3)18-34-24(30)23(15-17-33-4)35(31,32)22-13-11-21(12-14-22)20-9-7-19(8-10-20)6-5-16-26(27,28)29;1-29-14-12-19(20(25)26)30(27,28)18-10-8-17(9-11-18)16-6-4-15(5-7-16)3-2-13-21(22,23)24/h7-14,23H,5-6,15-18H2,1-4H3;4-11,19H,2-3,12-14H2,1H3,(H,25,26). The van der Waals surface area contributed by atoms with Gasteiger partial charge in [0.25, 0.3) is 0 Å². The van der Waals surface area contributed by atoms with E-state index in [0.29, 0.717) is 18.4 Å². The van der Waals surface area contributed by atoms with Gasteiger partial charge in [-0.05, 0) is 102 Å². The first-order valence-corrected chi connectivity index (χ1v) is 23.7. The van der Waals surface area contributed by atoms with Gasteiger partial charge in [0, 0.05) is 40.3 Å². The molecule has 0 aromatic heterocycles. The second-order valence-electron chi connectivity index (χ2n) is 16.5. The number of halogens is 6. The number of alkyl halides is 6. The Labute approximate surface area is 377 Å². The SMILES string of the molecule is COCCC(C(=O)O)S(=O)(=O)c1ccc(-c2ccc(CCCC(F)(F)F)cc2)cc1.COCCC(C(=O)OCC(C)(C)C)S(=O)(=O)c1ccc(-c2ccc(CCCC(F)(F)F)cc2)cc1. The zero-order chi connectivity index (χ0) is 48.6. The van der Waals surface area contributed by atoms with E-state index in [1.54, 1.807) is 72.8 Å². The molecule has 4 rings (SSSR count). The van der Waals surface area contributed by atoms with E-state index in [2.05, 4.69) is 0 Å². The van der Waals surface area contributed by atoms with Crippen molar-refractivity contribution >= 4 is 31.6 Å². The van der Waals surface area contributed by atoms with Crippen LogP contribution in [0.15, 0.2) is 107 Å². The Morgan fingerprint density at radius 2 is 0.877 bits per heavy atom. The summed E-state index contributed by atoms with van der Waals surface area (Å²) >= 11 is 0. The molecule has 0 aliphatic rings. The fourth-order valence-electron chi connectivity index (χ4n) is 6.36. The largest absolute Gasteiger partial charge is 0.480 e. The second-order valence-corrected chi connectivity index (χ2v) is 20.8. The van der Waals surface area contributed by atoms with Crippen molar-refractivity contribution in [2.24, 2.45) is 5.41 Å². The first-order chi connectivity index (χ1) is 30.3. The van der Waals surface area contributed by atoms with Gasteiger partial charge in [-0.3, -0.25) is 9.59 Å². The predicted molar refractivity (Wildman–Crippen MR) is 235 cm³/mol. The zero-order valence-corrected chi connectivity index (χ0v) is 38.5. The third-order valence-electron chi connectivity index (χ3n) is 9.89. The highest BCUT2D eigenvalue weighted by Gasteiger charge is 2.36. The van der Waals surface area contributed by atoms with E-state index < -0.39 is 67.3 Å². The predicted octanol–water partition coefficient (Wildman–Crippen LogP) is 10.5. The van der Waals surface area contributed by atoms with Crippen molar-refractivity contribution in [3.8, 4) is 22.3 Å². The molecule has 0 bridgehead atoms. The monoisotopic (exact) mass is 958 g/mol. The Bertz CT molecular complexity index is 2320. The summed E-state index contributed by atoms with van der Waals surface area (Å²) in [5, 5.41) is 6.28. The first-order valence-electron chi connectivity index (χ1n) is 20.6. The van der Waals surface area contributed by atoms with Gasteiger partial charge in [-0.1, -0.05) is 93.6 Å². The van der Waals surface area contributed by atoms with Crippen LogP contribution in [0.3, 0.4) is 0 Å². The van der Waals surface area contributed by atoms with E-state index in [1.807, 2.05) is 20.8 Å². The van der Waals surface area contributed by atoms with Gasteiger partial charge in [0.05, 0.1) is 16.4 Å². The quantitative estimate of drug-likeness (QED) is 0.0631. The Kier molecular flexibility index (Phi) is 20.2. The number of carbonyl (C=O) groups excluding carboxylic acids is 1. The van der Waals surface area contributed by atoms with Gasteiger partial charge in [-0.25, -0.2) is 16.8 Å². The summed E-state index contributed by atoms with van der Waals surface area (Å²) in [6.07, 6.45) is -9.47. The molecule has 0 saturated carbocycles. The number of methoxy groups -OCH3 is 2. The summed E-state index contributed by atoms with van der Waals surface area (Å²) in [5.41, 5.74) is 4.30. The van der Waals surface area contributed by atoms with Crippen molar-refractivity contribution in [1.82, 2.24) is 0 Å². The van der Waals surface area contributed by atoms with Gasteiger partial charge < -0.3 is 19.3 Å². The normalized spacial score (nSPS) is 13.3. The average Bonchev–Trinajstić information content (AvgIpc) is 3.22. The third-order valence-corrected chi connectivity index (χ3v) is 14.1. The summed E-state index contributed by atoms with van der Waals surface area (Å²) in [6, 6.07) is 26.1. The zero-order valence-electron chi connectivity index (χ0n) is 36.9. The van der Waals surface area contributed by atoms with Crippen LogP contribution in [0.4, 0.5) is 26.3 Å². The molecule has 2 unspecified atom stereocenters. The average molecular weight is 959 g/mol. The number of sulfone groups is 2. The number of carboxylic acids is 1. The number of carbonyl (C=O) groups is 2. The Hall–Kier alpha value is -4.78. The number of aryl methyl sites for hydroxylation is 2. The molecule has 0 saturated heterocycles. The summed E-state index contributed by atoms with van der Waals surface area (Å²) in [7, 11) is -5.29. The molecule has 4 aromatic carbocycles. The molecule has 0 heterocycles. The van der Waals surface area contributed by atoms with E-state index in [0.717, 1.165) is 27.8 Å². The van der Waals surface area contributed by atoms with Crippen molar-refractivity contribution in [2.45, 2.75) is 105 Å². The lowest BCUT2D eigenvalue weighted by molar-refractivity contribution is -0.146. The number of carboxylic acid groups (broad SMARTS) is 1. The van der Waals surface area contributed by atoms with Crippen molar-refractivity contribution in [3.63, 3.8) is 0 Å². The molecule has 0 radical (unpaired) electrons. The molecule has 65 heavy (non-hydrogen) atoms. The molecule has 18 heteroatoms. The smallest absolute Gasteiger partial charge is 0.389 e. The fourth-order valence-corrected chi connectivity index (χ4v) is 9.45. The summed E-state index contributed by atoms with van der Waals surface area (Å²) in [5.74, 6) is -2.24. The number of hydrogen-bond acceptors (Lipinski definition) is 9. The van der Waals surface area contributed by atoms with Gasteiger partial charge in [0.2, 0.25) is 0 Å². The third kappa shape index (κ3) is 18.2. The number of hydrogen-bond donors (Lipinski definition) is 1. The number of ether oxygens (including phenoxy) is 3. The Morgan fingerprint density at radius 3 is 1.18 bits per heavy atom. The number of esters is 1. The Morgan fingerprint density at radius 1 is 0.554 bits per heavy atom. The lowest BCUT2D eigenvalue weighted by Gasteiger charge is -2.21. The Balaban J connectivity index is 0.000000349. The van der Waals surface area contributed by atoms with E-state index >= 15 is 0 Å². The highest BCUT2D eigenvalue weighted by molar-refractivity contribution is 7.93. The van der Waals surface area contributed by atoms with Crippen LogP contribution < -0.4 is 0 Å². The maximum Gasteiger partial charge on any atom is 0.389 e. The molecule has 0 spiro atoms. The van der Waals surface area contributed by atoms with Crippen LogP contribution in [0.5, 0.6) is 0 Å². The maximum absolute atomic E-state index is 13.2. The van der Waals surface area contributed by atoms with Gasteiger partial charge in [0.1, 0.15) is 0 Å². The number of benzene rings is 4. The molecule has 0 aliphatic heterocycles. The van der Waals surface area contributed by atoms with E-state index in [9.17, 15) is 57.9 Å². The summed E-state index contributed by atoms with van der Waals surface area (Å²) < 4.78 is 140. The van der Waals surface area contributed by atoms with Crippen LogP contribution in [0.2, 0.25) is 0 Å². The molecule has 4 aromatic rings. The first kappa shape index (κ1) is 54.6. The number of rotatable bonds is 21. The molecule has 1 N–H and O–H groups in total. The number of aliphatic carboxylic acids is 1. The second kappa shape index (κ2) is 24.1. The van der Waals surface area contributed by atoms with E-state index in [1.165, 1.54) is 38.5 Å². The van der Waals surface area contributed by atoms with Crippen molar-refractivity contribution in [2.75, 3.05) is 34.0 Å².